The molecule has 0 aliphatic carbocycles. The van der Waals surface area contributed by atoms with Crippen molar-refractivity contribution < 1.29 is 4.39 Å². The second-order valence-corrected chi connectivity index (χ2v) is 7.35. The molecule has 140 valence electrons. The van der Waals surface area contributed by atoms with Crippen LogP contribution in [-0.4, -0.2) is 14.9 Å². The van der Waals surface area contributed by atoms with Gasteiger partial charge in [0.25, 0.3) is 0 Å². The smallest absolute Gasteiger partial charge is 0.173 e. The first kappa shape index (κ1) is 19.9. The van der Waals surface area contributed by atoms with Crippen molar-refractivity contribution >= 4 is 58.0 Å². The van der Waals surface area contributed by atoms with Crippen LogP contribution in [0, 0.1) is 5.82 Å². The van der Waals surface area contributed by atoms with Gasteiger partial charge in [-0.3, -0.25) is 4.68 Å². The Balaban J connectivity index is 1.60. The molecule has 0 atom stereocenters. The first-order valence-electron chi connectivity index (χ1n) is 7.87. The van der Waals surface area contributed by atoms with Gasteiger partial charge in [0.05, 0.1) is 6.54 Å². The molecular weight excluding hydrogens is 430 g/mol. The van der Waals surface area contributed by atoms with Crippen molar-refractivity contribution in [1.82, 2.24) is 15.1 Å². The molecule has 1 heterocycles. The molecule has 0 spiro atoms. The lowest BCUT2D eigenvalue weighted by Crippen LogP contribution is -2.28. The molecule has 3 rings (SSSR count). The highest BCUT2D eigenvalue weighted by Crippen LogP contribution is 2.24. The summed E-state index contributed by atoms with van der Waals surface area (Å²) in [6.07, 6.45) is 1.68. The molecule has 0 saturated heterocycles. The number of halogens is 4. The van der Waals surface area contributed by atoms with Crippen molar-refractivity contribution in [3.05, 3.63) is 80.7 Å². The Labute approximate surface area is 176 Å². The van der Waals surface area contributed by atoms with Crippen LogP contribution in [0.25, 0.3) is 0 Å². The van der Waals surface area contributed by atoms with Crippen LogP contribution in [0.5, 0.6) is 0 Å². The third kappa shape index (κ3) is 5.56. The lowest BCUT2D eigenvalue weighted by Gasteiger charge is -2.09. The van der Waals surface area contributed by atoms with E-state index in [1.165, 1.54) is 12.1 Å². The van der Waals surface area contributed by atoms with Crippen LogP contribution in [0.2, 0.25) is 15.1 Å². The topological polar surface area (TPSA) is 41.9 Å². The highest BCUT2D eigenvalue weighted by Gasteiger charge is 2.10. The van der Waals surface area contributed by atoms with E-state index in [1.807, 2.05) is 6.07 Å². The largest absolute Gasteiger partial charge is 0.358 e. The second kappa shape index (κ2) is 8.89. The number of hydrogen-bond acceptors (Lipinski definition) is 2. The predicted molar refractivity (Wildman–Crippen MR) is 112 cm³/mol. The number of benzene rings is 2. The van der Waals surface area contributed by atoms with Gasteiger partial charge >= 0.3 is 0 Å². The summed E-state index contributed by atoms with van der Waals surface area (Å²) in [5.41, 5.74) is 1.76. The second-order valence-electron chi connectivity index (χ2n) is 5.69. The van der Waals surface area contributed by atoms with Gasteiger partial charge in [-0.25, -0.2) is 4.39 Å². The molecule has 9 heteroatoms. The molecule has 0 amide bonds. The van der Waals surface area contributed by atoms with Crippen LogP contribution in [0.15, 0.2) is 48.7 Å². The van der Waals surface area contributed by atoms with Gasteiger partial charge in [0.1, 0.15) is 10.8 Å². The predicted octanol–water partition coefficient (Wildman–Crippen LogP) is 5.52. The van der Waals surface area contributed by atoms with Crippen molar-refractivity contribution in [3.8, 4) is 0 Å². The summed E-state index contributed by atoms with van der Waals surface area (Å²) in [5.74, 6) is 0.149. The average Bonchev–Trinajstić information content (AvgIpc) is 2.96. The van der Waals surface area contributed by atoms with Crippen molar-refractivity contribution in [2.45, 2.75) is 13.1 Å². The minimum absolute atomic E-state index is 0.280. The van der Waals surface area contributed by atoms with Crippen LogP contribution in [0.3, 0.4) is 0 Å². The molecule has 0 aliphatic rings. The Morgan fingerprint density at radius 2 is 1.81 bits per heavy atom. The molecule has 0 unspecified atom stereocenters. The maximum absolute atomic E-state index is 12.9. The first-order valence-corrected chi connectivity index (χ1v) is 9.41. The molecule has 3 aromatic rings. The fraction of sp³-hybridized carbons (Fsp3) is 0.111. The normalized spacial score (nSPS) is 10.7. The maximum Gasteiger partial charge on any atom is 0.173 e. The number of hydrogen-bond donors (Lipinski definition) is 2. The SMILES string of the molecule is Fc1ccc(CNC(=S)Nc2nn(Cc3ccc(Cl)cc3Cl)cc2Cl)cc1. The van der Waals surface area contributed by atoms with Gasteiger partial charge in [-0.15, -0.1) is 0 Å². The lowest BCUT2D eigenvalue weighted by atomic mass is 10.2. The molecule has 0 saturated carbocycles. The van der Waals surface area contributed by atoms with Crippen LogP contribution in [0.4, 0.5) is 10.2 Å². The van der Waals surface area contributed by atoms with Gasteiger partial charge < -0.3 is 10.6 Å². The molecule has 4 nitrogen and oxygen atoms in total. The van der Waals surface area contributed by atoms with E-state index in [4.69, 9.17) is 47.0 Å². The molecule has 0 radical (unpaired) electrons. The molecule has 2 aromatic carbocycles. The summed E-state index contributed by atoms with van der Waals surface area (Å²) in [6, 6.07) is 11.4. The van der Waals surface area contributed by atoms with Crippen LogP contribution in [0.1, 0.15) is 11.1 Å². The number of nitrogens with one attached hydrogen (secondary N) is 2. The van der Waals surface area contributed by atoms with Crippen molar-refractivity contribution in [3.63, 3.8) is 0 Å². The van der Waals surface area contributed by atoms with Gasteiger partial charge in [0.15, 0.2) is 10.9 Å². The minimum Gasteiger partial charge on any atom is -0.358 e. The Kier molecular flexibility index (Phi) is 6.55. The number of rotatable bonds is 5. The average molecular weight is 444 g/mol. The third-order valence-electron chi connectivity index (χ3n) is 3.66. The zero-order valence-corrected chi connectivity index (χ0v) is 16.9. The van der Waals surface area contributed by atoms with Crippen LogP contribution >= 0.6 is 47.0 Å². The summed E-state index contributed by atoms with van der Waals surface area (Å²) < 4.78 is 14.6. The molecule has 0 fully saturated rings. The Hall–Kier alpha value is -1.86. The molecule has 27 heavy (non-hydrogen) atoms. The zero-order chi connectivity index (χ0) is 19.4. The van der Waals surface area contributed by atoms with E-state index in [0.29, 0.717) is 39.1 Å². The number of aromatic nitrogens is 2. The Morgan fingerprint density at radius 3 is 2.52 bits per heavy atom. The fourth-order valence-corrected chi connectivity index (χ4v) is 3.16. The first-order chi connectivity index (χ1) is 12.9. The molecule has 0 bridgehead atoms. The van der Waals surface area contributed by atoms with Gasteiger partial charge in [-0.1, -0.05) is 53.0 Å². The van der Waals surface area contributed by atoms with Crippen LogP contribution in [-0.2, 0) is 13.1 Å². The number of nitrogens with zero attached hydrogens (tertiary/aromatic N) is 2. The molecule has 2 N–H and O–H groups in total. The van der Waals surface area contributed by atoms with Gasteiger partial charge in [-0.2, -0.15) is 5.10 Å². The summed E-state index contributed by atoms with van der Waals surface area (Å²) in [7, 11) is 0. The van der Waals surface area contributed by atoms with E-state index in [-0.39, 0.29) is 5.82 Å². The highest BCUT2D eigenvalue weighted by atomic mass is 35.5. The Morgan fingerprint density at radius 1 is 1.07 bits per heavy atom. The Bertz CT molecular complexity index is 960. The number of thiocarbonyl (C=S) groups is 1. The maximum atomic E-state index is 12.9. The van der Waals surface area contributed by atoms with E-state index in [1.54, 1.807) is 35.1 Å². The van der Waals surface area contributed by atoms with E-state index in [2.05, 4.69) is 15.7 Å². The molecule has 0 aliphatic heterocycles. The highest BCUT2D eigenvalue weighted by molar-refractivity contribution is 7.80. The lowest BCUT2D eigenvalue weighted by molar-refractivity contribution is 0.627. The van der Waals surface area contributed by atoms with E-state index >= 15 is 0 Å². The standard InChI is InChI=1S/C18H14Cl3FN4S/c19-13-4-3-12(15(20)7-13)9-26-10-16(21)17(25-26)24-18(27)23-8-11-1-5-14(22)6-2-11/h1-7,10H,8-9H2,(H2,23,24,25,27). The van der Waals surface area contributed by atoms with E-state index in [0.717, 1.165) is 11.1 Å². The summed E-state index contributed by atoms with van der Waals surface area (Å²) in [5, 5.41) is 12.3. The summed E-state index contributed by atoms with van der Waals surface area (Å²) in [4.78, 5) is 0. The minimum atomic E-state index is -0.280. The third-order valence-corrected chi connectivity index (χ3v) is 4.77. The molecule has 1 aromatic heterocycles. The van der Waals surface area contributed by atoms with Crippen molar-refractivity contribution in [2.24, 2.45) is 0 Å². The van der Waals surface area contributed by atoms with E-state index in [9.17, 15) is 4.39 Å². The fourth-order valence-electron chi connectivity index (χ4n) is 2.32. The summed E-state index contributed by atoms with van der Waals surface area (Å²) in [6.45, 7) is 0.887. The van der Waals surface area contributed by atoms with E-state index < -0.39 is 0 Å². The van der Waals surface area contributed by atoms with Gasteiger partial charge in [0, 0.05) is 22.8 Å². The number of anilines is 1. The molecular formula is C18H14Cl3FN4S. The monoisotopic (exact) mass is 442 g/mol. The summed E-state index contributed by atoms with van der Waals surface area (Å²) >= 11 is 23.6. The van der Waals surface area contributed by atoms with Gasteiger partial charge in [0.2, 0.25) is 0 Å². The van der Waals surface area contributed by atoms with Crippen LogP contribution < -0.4 is 10.6 Å². The van der Waals surface area contributed by atoms with Gasteiger partial charge in [-0.05, 0) is 47.6 Å². The quantitative estimate of drug-likeness (QED) is 0.510. The van der Waals surface area contributed by atoms with Crippen molar-refractivity contribution in [2.75, 3.05) is 5.32 Å². The van der Waals surface area contributed by atoms with Crippen molar-refractivity contribution in [1.29, 1.82) is 0 Å². The zero-order valence-electron chi connectivity index (χ0n) is 13.8.